The average molecular weight is 403 g/mol. The van der Waals surface area contributed by atoms with Gasteiger partial charge in [0.05, 0.1) is 12.3 Å². The molecule has 0 amide bonds. The van der Waals surface area contributed by atoms with E-state index in [-0.39, 0.29) is 6.61 Å². The lowest BCUT2D eigenvalue weighted by molar-refractivity contribution is -0.139. The largest absolute Gasteiger partial charge is 0.494 e. The number of aliphatic carboxylic acids is 1. The molecule has 0 unspecified atom stereocenters. The summed E-state index contributed by atoms with van der Waals surface area (Å²) in [6.07, 6.45) is 1.82. The number of hydrogen-bond acceptors (Lipinski definition) is 4. The molecule has 5 heteroatoms. The molecule has 154 valence electrons. The Morgan fingerprint density at radius 1 is 0.967 bits per heavy atom. The Labute approximate surface area is 176 Å². The minimum Gasteiger partial charge on any atom is -0.494 e. The number of carboxylic acids is 1. The van der Waals surface area contributed by atoms with E-state index in [1.165, 1.54) is 16.7 Å². The van der Waals surface area contributed by atoms with Gasteiger partial charge in [0.2, 0.25) is 0 Å². The first-order valence-corrected chi connectivity index (χ1v) is 9.79. The number of carbonyl (C=O) groups is 1. The van der Waals surface area contributed by atoms with E-state index in [9.17, 15) is 4.79 Å². The Morgan fingerprint density at radius 2 is 1.67 bits per heavy atom. The van der Waals surface area contributed by atoms with E-state index >= 15 is 0 Å². The van der Waals surface area contributed by atoms with Crippen molar-refractivity contribution in [1.82, 2.24) is 0 Å². The van der Waals surface area contributed by atoms with E-state index in [0.29, 0.717) is 12.4 Å². The van der Waals surface area contributed by atoms with Gasteiger partial charge in [-0.3, -0.25) is 4.99 Å². The fourth-order valence-corrected chi connectivity index (χ4v) is 3.33. The smallest absolute Gasteiger partial charge is 0.341 e. The van der Waals surface area contributed by atoms with E-state index in [0.717, 1.165) is 22.6 Å². The summed E-state index contributed by atoms with van der Waals surface area (Å²) in [4.78, 5) is 15.1. The van der Waals surface area contributed by atoms with Crippen molar-refractivity contribution in [3.8, 4) is 22.6 Å². The summed E-state index contributed by atoms with van der Waals surface area (Å²) < 4.78 is 10.8. The van der Waals surface area contributed by atoms with E-state index in [1.807, 2.05) is 25.3 Å². The van der Waals surface area contributed by atoms with Crippen LogP contribution in [0.3, 0.4) is 0 Å². The van der Waals surface area contributed by atoms with Crippen molar-refractivity contribution >= 4 is 17.9 Å². The number of hydrogen-bond donors (Lipinski definition) is 1. The topological polar surface area (TPSA) is 68.1 Å². The van der Waals surface area contributed by atoms with Crippen LogP contribution in [0.2, 0.25) is 0 Å². The van der Waals surface area contributed by atoms with Crippen LogP contribution in [0.15, 0.2) is 65.7 Å². The second-order valence-corrected chi connectivity index (χ2v) is 6.93. The number of aryl methyl sites for hydroxylation is 2. The van der Waals surface area contributed by atoms with E-state index in [2.05, 4.69) is 43.1 Å². The van der Waals surface area contributed by atoms with Crippen molar-refractivity contribution in [3.63, 3.8) is 0 Å². The Morgan fingerprint density at radius 3 is 2.30 bits per heavy atom. The Bertz CT molecular complexity index is 1030. The number of rotatable bonds is 8. The quantitative estimate of drug-likeness (QED) is 0.498. The second kappa shape index (κ2) is 9.74. The molecule has 0 radical (unpaired) electrons. The summed E-state index contributed by atoms with van der Waals surface area (Å²) in [6.45, 7) is 6.47. The highest BCUT2D eigenvalue weighted by Crippen LogP contribution is 2.31. The zero-order valence-corrected chi connectivity index (χ0v) is 17.4. The molecule has 0 aliphatic carbocycles. The maximum absolute atomic E-state index is 10.6. The minimum atomic E-state index is -1.00. The molecule has 0 aliphatic rings. The van der Waals surface area contributed by atoms with Gasteiger partial charge in [0.1, 0.15) is 11.5 Å². The zero-order chi connectivity index (χ0) is 21.5. The van der Waals surface area contributed by atoms with Gasteiger partial charge in [-0.2, -0.15) is 0 Å². The molecular weight excluding hydrogens is 378 g/mol. The van der Waals surface area contributed by atoms with Gasteiger partial charge in [-0.15, -0.1) is 0 Å². The Balaban J connectivity index is 1.78. The molecule has 0 atom stereocenters. The van der Waals surface area contributed by atoms with Crippen LogP contribution in [-0.4, -0.2) is 30.5 Å². The first-order chi connectivity index (χ1) is 14.5. The summed E-state index contributed by atoms with van der Waals surface area (Å²) in [5.41, 5.74) is 6.43. The minimum absolute atomic E-state index is 0.361. The van der Waals surface area contributed by atoms with E-state index < -0.39 is 5.97 Å². The molecule has 3 aromatic rings. The van der Waals surface area contributed by atoms with Crippen molar-refractivity contribution in [2.75, 3.05) is 13.2 Å². The number of carboxylic acid groups (broad SMARTS) is 1. The van der Waals surface area contributed by atoms with Crippen LogP contribution in [0.4, 0.5) is 5.69 Å². The Kier molecular flexibility index (Phi) is 6.86. The molecule has 0 saturated carbocycles. The Hall–Kier alpha value is -3.60. The van der Waals surface area contributed by atoms with Crippen molar-refractivity contribution in [2.45, 2.75) is 20.8 Å². The van der Waals surface area contributed by atoms with Crippen molar-refractivity contribution in [3.05, 3.63) is 77.4 Å². The molecule has 0 fully saturated rings. The molecule has 1 N–H and O–H groups in total. The van der Waals surface area contributed by atoms with Crippen LogP contribution in [0.25, 0.3) is 11.1 Å². The molecule has 5 nitrogen and oxygen atoms in total. The van der Waals surface area contributed by atoms with Crippen molar-refractivity contribution < 1.29 is 19.4 Å². The third-order valence-corrected chi connectivity index (χ3v) is 4.55. The summed E-state index contributed by atoms with van der Waals surface area (Å²) in [5.74, 6) is 0.388. The highest BCUT2D eigenvalue weighted by atomic mass is 16.5. The van der Waals surface area contributed by atoms with Crippen LogP contribution in [0.1, 0.15) is 23.6 Å². The molecule has 0 heterocycles. The molecule has 0 spiro atoms. The molecule has 0 saturated heterocycles. The predicted molar refractivity (Wildman–Crippen MR) is 119 cm³/mol. The molecular formula is C25H25NO4. The van der Waals surface area contributed by atoms with E-state index in [1.54, 1.807) is 24.3 Å². The fourth-order valence-electron chi connectivity index (χ4n) is 3.33. The number of nitrogens with zero attached hydrogens (tertiary/aromatic N) is 1. The standard InChI is InChI=1S/C25H25NO4/c1-4-29-23-12-17(2)25(18(3)13-23)20-7-5-6-19(14-20)15-26-21-8-10-22(11-9-21)30-16-24(27)28/h5-15H,4,16H2,1-3H3,(H,27,28). The third kappa shape index (κ3) is 5.47. The molecule has 0 bridgehead atoms. The number of aliphatic imine (C=N–C) groups is 1. The lowest BCUT2D eigenvalue weighted by atomic mass is 9.94. The second-order valence-electron chi connectivity index (χ2n) is 6.93. The highest BCUT2D eigenvalue weighted by Gasteiger charge is 2.09. The molecule has 3 aromatic carbocycles. The lowest BCUT2D eigenvalue weighted by Crippen LogP contribution is -2.09. The maximum Gasteiger partial charge on any atom is 0.341 e. The van der Waals surface area contributed by atoms with Crippen LogP contribution in [-0.2, 0) is 4.79 Å². The van der Waals surface area contributed by atoms with Gasteiger partial charge in [0.15, 0.2) is 6.61 Å². The summed E-state index contributed by atoms with van der Waals surface area (Å²) in [5, 5.41) is 8.66. The lowest BCUT2D eigenvalue weighted by Gasteiger charge is -2.13. The normalized spacial score (nSPS) is 10.9. The first kappa shape index (κ1) is 21.1. The maximum atomic E-state index is 10.6. The summed E-state index contributed by atoms with van der Waals surface area (Å²) in [7, 11) is 0. The van der Waals surface area contributed by atoms with Gasteiger partial charge in [0.25, 0.3) is 0 Å². The van der Waals surface area contributed by atoms with Gasteiger partial charge in [-0.25, -0.2) is 4.79 Å². The van der Waals surface area contributed by atoms with Crippen LogP contribution in [0, 0.1) is 13.8 Å². The van der Waals surface area contributed by atoms with Crippen molar-refractivity contribution in [1.29, 1.82) is 0 Å². The summed E-state index contributed by atoms with van der Waals surface area (Å²) in [6, 6.07) is 19.4. The molecule has 30 heavy (non-hydrogen) atoms. The van der Waals surface area contributed by atoms with Gasteiger partial charge in [0, 0.05) is 6.21 Å². The van der Waals surface area contributed by atoms with Gasteiger partial charge >= 0.3 is 5.97 Å². The van der Waals surface area contributed by atoms with Gasteiger partial charge in [-0.1, -0.05) is 18.2 Å². The van der Waals surface area contributed by atoms with E-state index in [4.69, 9.17) is 14.6 Å². The third-order valence-electron chi connectivity index (χ3n) is 4.55. The highest BCUT2D eigenvalue weighted by molar-refractivity contribution is 5.85. The van der Waals surface area contributed by atoms with Crippen molar-refractivity contribution in [2.24, 2.45) is 4.99 Å². The molecule has 3 rings (SSSR count). The first-order valence-electron chi connectivity index (χ1n) is 9.79. The van der Waals surface area contributed by atoms with Gasteiger partial charge < -0.3 is 14.6 Å². The fraction of sp³-hybridized carbons (Fsp3) is 0.200. The number of ether oxygens (including phenoxy) is 2. The monoisotopic (exact) mass is 403 g/mol. The SMILES string of the molecule is CCOc1cc(C)c(-c2cccc(C=Nc3ccc(OCC(=O)O)cc3)c2)c(C)c1. The number of benzene rings is 3. The average Bonchev–Trinajstić information content (AvgIpc) is 2.71. The molecule has 0 aliphatic heterocycles. The summed E-state index contributed by atoms with van der Waals surface area (Å²) >= 11 is 0. The zero-order valence-electron chi connectivity index (χ0n) is 17.4. The van der Waals surface area contributed by atoms with Crippen LogP contribution >= 0.6 is 0 Å². The van der Waals surface area contributed by atoms with Gasteiger partial charge in [-0.05, 0) is 91.1 Å². The van der Waals surface area contributed by atoms with Crippen LogP contribution < -0.4 is 9.47 Å². The predicted octanol–water partition coefficient (Wildman–Crippen LogP) is 5.58. The molecule has 0 aromatic heterocycles. The van der Waals surface area contributed by atoms with Crippen LogP contribution in [0.5, 0.6) is 11.5 Å².